The molecule has 0 bridgehead atoms. The molecule has 2 N–H and O–H groups in total. The van der Waals surface area contributed by atoms with Crippen LogP contribution in [-0.2, 0) is 9.59 Å². The van der Waals surface area contributed by atoms with E-state index >= 15 is 0 Å². The molecular weight excluding hydrogens is 354 g/mol. The number of fused-ring (bicyclic) bond motifs is 1. The molecule has 0 aliphatic carbocycles. The molecule has 1 fully saturated rings. The number of carbonyl (C=O) groups excluding carboxylic acids is 3. The van der Waals surface area contributed by atoms with E-state index in [0.717, 1.165) is 23.6 Å². The van der Waals surface area contributed by atoms with Crippen molar-refractivity contribution in [1.82, 2.24) is 15.5 Å². The molecule has 0 spiro atoms. The molecule has 148 valence electrons. The van der Waals surface area contributed by atoms with Gasteiger partial charge in [0.1, 0.15) is 0 Å². The molecule has 1 unspecified atom stereocenters. The predicted molar refractivity (Wildman–Crippen MR) is 109 cm³/mol. The van der Waals surface area contributed by atoms with Crippen molar-refractivity contribution in [1.29, 1.82) is 0 Å². The molecule has 1 atom stereocenters. The van der Waals surface area contributed by atoms with Gasteiger partial charge in [0.2, 0.25) is 11.8 Å². The Morgan fingerprint density at radius 2 is 1.86 bits per heavy atom. The summed E-state index contributed by atoms with van der Waals surface area (Å²) in [6.45, 7) is 3.91. The molecule has 3 rings (SSSR count). The van der Waals surface area contributed by atoms with Crippen molar-refractivity contribution in [3.8, 4) is 0 Å². The van der Waals surface area contributed by atoms with Crippen molar-refractivity contribution in [2.24, 2.45) is 5.92 Å². The first kappa shape index (κ1) is 19.9. The van der Waals surface area contributed by atoms with Crippen molar-refractivity contribution in [2.75, 3.05) is 26.2 Å². The molecule has 3 amide bonds. The second-order valence-corrected chi connectivity index (χ2v) is 7.14. The summed E-state index contributed by atoms with van der Waals surface area (Å²) in [7, 11) is 0. The number of amides is 3. The van der Waals surface area contributed by atoms with Crippen molar-refractivity contribution >= 4 is 28.5 Å². The van der Waals surface area contributed by atoms with Gasteiger partial charge < -0.3 is 15.5 Å². The van der Waals surface area contributed by atoms with Crippen LogP contribution in [0.1, 0.15) is 36.5 Å². The van der Waals surface area contributed by atoms with Gasteiger partial charge in [-0.2, -0.15) is 0 Å². The first-order valence-corrected chi connectivity index (χ1v) is 9.91. The van der Waals surface area contributed by atoms with Crippen LogP contribution in [0.3, 0.4) is 0 Å². The maximum atomic E-state index is 12.5. The Bertz CT molecular complexity index is 865. The largest absolute Gasteiger partial charge is 0.356 e. The van der Waals surface area contributed by atoms with Gasteiger partial charge >= 0.3 is 0 Å². The van der Waals surface area contributed by atoms with Crippen LogP contribution in [0.4, 0.5) is 0 Å². The third-order valence-corrected chi connectivity index (χ3v) is 5.13. The average Bonchev–Trinajstić information content (AvgIpc) is 2.73. The van der Waals surface area contributed by atoms with Crippen molar-refractivity contribution < 1.29 is 14.4 Å². The van der Waals surface area contributed by atoms with E-state index in [2.05, 4.69) is 10.6 Å². The highest BCUT2D eigenvalue weighted by molar-refractivity contribution is 5.98. The Balaban J connectivity index is 1.48. The average molecular weight is 381 g/mol. The Morgan fingerprint density at radius 1 is 1.07 bits per heavy atom. The Labute approximate surface area is 165 Å². The van der Waals surface area contributed by atoms with Crippen molar-refractivity contribution in [2.45, 2.75) is 26.2 Å². The number of benzene rings is 2. The zero-order chi connectivity index (χ0) is 19.9. The molecule has 1 heterocycles. The summed E-state index contributed by atoms with van der Waals surface area (Å²) < 4.78 is 0. The smallest absolute Gasteiger partial charge is 0.251 e. The third-order valence-electron chi connectivity index (χ3n) is 5.13. The number of piperidine rings is 1. The van der Waals surface area contributed by atoms with Crippen LogP contribution in [-0.4, -0.2) is 48.8 Å². The highest BCUT2D eigenvalue weighted by atomic mass is 16.2. The first-order valence-electron chi connectivity index (χ1n) is 9.91. The van der Waals surface area contributed by atoms with E-state index in [9.17, 15) is 14.4 Å². The van der Waals surface area contributed by atoms with E-state index in [-0.39, 0.29) is 36.6 Å². The lowest BCUT2D eigenvalue weighted by atomic mass is 9.97. The van der Waals surface area contributed by atoms with Gasteiger partial charge in [0.25, 0.3) is 5.91 Å². The molecule has 0 aromatic heterocycles. The summed E-state index contributed by atoms with van der Waals surface area (Å²) in [5.74, 6) is -0.320. The molecular formula is C22H27N3O3. The van der Waals surface area contributed by atoms with Crippen LogP contribution in [0.2, 0.25) is 0 Å². The van der Waals surface area contributed by atoms with E-state index in [0.29, 0.717) is 25.2 Å². The maximum absolute atomic E-state index is 12.5. The lowest BCUT2D eigenvalue weighted by Gasteiger charge is -2.32. The molecule has 28 heavy (non-hydrogen) atoms. The van der Waals surface area contributed by atoms with E-state index in [1.807, 2.05) is 43.3 Å². The summed E-state index contributed by atoms with van der Waals surface area (Å²) in [6, 6.07) is 13.4. The number of carbonyl (C=O) groups is 3. The zero-order valence-electron chi connectivity index (χ0n) is 16.2. The minimum Gasteiger partial charge on any atom is -0.356 e. The van der Waals surface area contributed by atoms with Crippen LogP contribution in [0.15, 0.2) is 42.5 Å². The predicted octanol–water partition coefficient (Wildman–Crippen LogP) is 2.33. The van der Waals surface area contributed by atoms with E-state index in [1.54, 1.807) is 11.0 Å². The number of hydrogen-bond donors (Lipinski definition) is 2. The summed E-state index contributed by atoms with van der Waals surface area (Å²) in [4.78, 5) is 38.6. The van der Waals surface area contributed by atoms with Gasteiger partial charge in [-0.15, -0.1) is 0 Å². The number of nitrogens with zero attached hydrogens (tertiary/aromatic N) is 1. The topological polar surface area (TPSA) is 78.5 Å². The van der Waals surface area contributed by atoms with E-state index in [1.165, 1.54) is 0 Å². The number of nitrogens with one attached hydrogen (secondary N) is 2. The summed E-state index contributed by atoms with van der Waals surface area (Å²) >= 11 is 0. The molecule has 0 saturated carbocycles. The second kappa shape index (κ2) is 9.35. The Morgan fingerprint density at radius 3 is 2.64 bits per heavy atom. The number of likely N-dealkylation sites (tertiary alicyclic amines) is 1. The van der Waals surface area contributed by atoms with Gasteiger partial charge in [-0.1, -0.05) is 30.3 Å². The van der Waals surface area contributed by atoms with Gasteiger partial charge in [-0.3, -0.25) is 14.4 Å². The summed E-state index contributed by atoms with van der Waals surface area (Å²) in [6.07, 6.45) is 1.88. The van der Waals surface area contributed by atoms with Gasteiger partial charge in [0.15, 0.2) is 0 Å². The first-order chi connectivity index (χ1) is 13.6. The standard InChI is InChI=1S/C22H27N3O3/c1-2-23-22(28)19-8-5-13-25(15-19)20(26)11-12-24-21(27)18-10-9-16-6-3-4-7-17(16)14-18/h3-4,6-7,9-10,14,19H,2,5,8,11-13,15H2,1H3,(H,23,28)(H,24,27). The van der Waals surface area contributed by atoms with Crippen LogP contribution in [0, 0.1) is 5.92 Å². The molecule has 6 nitrogen and oxygen atoms in total. The van der Waals surface area contributed by atoms with Gasteiger partial charge in [-0.25, -0.2) is 0 Å². The Kier molecular flexibility index (Phi) is 6.63. The number of rotatable bonds is 6. The fourth-order valence-electron chi connectivity index (χ4n) is 3.61. The van der Waals surface area contributed by atoms with Crippen molar-refractivity contribution in [3.63, 3.8) is 0 Å². The van der Waals surface area contributed by atoms with E-state index < -0.39 is 0 Å². The lowest BCUT2D eigenvalue weighted by molar-refractivity contribution is -0.135. The van der Waals surface area contributed by atoms with Crippen LogP contribution in [0.25, 0.3) is 10.8 Å². The third kappa shape index (κ3) is 4.88. The second-order valence-electron chi connectivity index (χ2n) is 7.14. The molecule has 0 radical (unpaired) electrons. The van der Waals surface area contributed by atoms with E-state index in [4.69, 9.17) is 0 Å². The van der Waals surface area contributed by atoms with Gasteiger partial charge in [-0.05, 0) is 42.7 Å². The Hall–Kier alpha value is -2.89. The lowest BCUT2D eigenvalue weighted by Crippen LogP contribution is -2.46. The van der Waals surface area contributed by atoms with Crippen LogP contribution >= 0.6 is 0 Å². The molecule has 1 aliphatic rings. The van der Waals surface area contributed by atoms with Crippen LogP contribution in [0.5, 0.6) is 0 Å². The molecule has 1 saturated heterocycles. The molecule has 1 aliphatic heterocycles. The summed E-state index contributed by atoms with van der Waals surface area (Å²) in [5.41, 5.74) is 0.584. The molecule has 6 heteroatoms. The van der Waals surface area contributed by atoms with Gasteiger partial charge in [0.05, 0.1) is 5.92 Å². The quantitative estimate of drug-likeness (QED) is 0.806. The SMILES string of the molecule is CCNC(=O)C1CCCN(C(=O)CCNC(=O)c2ccc3ccccc3c2)C1. The highest BCUT2D eigenvalue weighted by Gasteiger charge is 2.27. The maximum Gasteiger partial charge on any atom is 0.251 e. The summed E-state index contributed by atoms with van der Waals surface area (Å²) in [5, 5.41) is 7.75. The zero-order valence-corrected chi connectivity index (χ0v) is 16.2. The normalized spacial score (nSPS) is 16.6. The minimum absolute atomic E-state index is 0.0182. The fraction of sp³-hybridized carbons (Fsp3) is 0.409. The van der Waals surface area contributed by atoms with Gasteiger partial charge in [0, 0.05) is 38.2 Å². The van der Waals surface area contributed by atoms with Crippen molar-refractivity contribution in [3.05, 3.63) is 48.0 Å². The van der Waals surface area contributed by atoms with Crippen LogP contribution < -0.4 is 10.6 Å². The molecule has 2 aromatic rings. The highest BCUT2D eigenvalue weighted by Crippen LogP contribution is 2.18. The minimum atomic E-state index is -0.183. The fourth-order valence-corrected chi connectivity index (χ4v) is 3.61. The monoisotopic (exact) mass is 381 g/mol. The molecule has 2 aromatic carbocycles. The number of hydrogen-bond acceptors (Lipinski definition) is 3.